The molecule has 0 amide bonds. The highest BCUT2D eigenvalue weighted by Gasteiger charge is 2.20. The summed E-state index contributed by atoms with van der Waals surface area (Å²) in [4.78, 5) is 29.7. The van der Waals surface area contributed by atoms with Crippen LogP contribution < -0.4 is 5.56 Å². The van der Waals surface area contributed by atoms with Crippen LogP contribution in [0.3, 0.4) is 0 Å². The Bertz CT molecular complexity index is 1230. The van der Waals surface area contributed by atoms with Crippen molar-refractivity contribution in [2.24, 2.45) is 0 Å². The largest absolute Gasteiger partial charge is 0.478 e. The van der Waals surface area contributed by atoms with Gasteiger partial charge < -0.3 is 5.11 Å². The molecule has 0 unspecified atom stereocenters. The first-order chi connectivity index (χ1) is 13.5. The van der Waals surface area contributed by atoms with Crippen LogP contribution in [0.1, 0.15) is 27.3 Å². The third-order valence-electron chi connectivity index (χ3n) is 4.44. The number of benzene rings is 2. The zero-order valence-electron chi connectivity index (χ0n) is 14.6. The minimum absolute atomic E-state index is 0.0586. The lowest BCUT2D eigenvalue weighted by atomic mass is 10.1. The molecule has 7 heteroatoms. The van der Waals surface area contributed by atoms with Crippen LogP contribution >= 0.6 is 11.3 Å². The number of hydrogen-bond acceptors (Lipinski definition) is 4. The van der Waals surface area contributed by atoms with Gasteiger partial charge in [0.05, 0.1) is 17.5 Å². The van der Waals surface area contributed by atoms with Gasteiger partial charge in [-0.15, -0.1) is 11.3 Å². The fourth-order valence-electron chi connectivity index (χ4n) is 3.12. The standard InChI is InChI=1S/C21H15FN2O3S/c22-15-8-4-7-14(9-15)11-24-17(10-13-5-2-1-3-6-13)23-19-18(20(24)25)16(12-28-19)21(26)27/h1-9,12H,10-11H2,(H,26,27). The molecule has 0 atom stereocenters. The Balaban J connectivity index is 1.90. The van der Waals surface area contributed by atoms with E-state index in [0.29, 0.717) is 22.6 Å². The van der Waals surface area contributed by atoms with Gasteiger partial charge in [0.1, 0.15) is 16.5 Å². The van der Waals surface area contributed by atoms with Gasteiger partial charge in [-0.25, -0.2) is 14.2 Å². The summed E-state index contributed by atoms with van der Waals surface area (Å²) in [5.74, 6) is -1.06. The van der Waals surface area contributed by atoms with Crippen LogP contribution in [-0.2, 0) is 13.0 Å². The van der Waals surface area contributed by atoms with Crippen molar-refractivity contribution in [1.82, 2.24) is 9.55 Å². The molecular weight excluding hydrogens is 379 g/mol. The summed E-state index contributed by atoms with van der Waals surface area (Å²) in [7, 11) is 0. The lowest BCUT2D eigenvalue weighted by Gasteiger charge is -2.13. The van der Waals surface area contributed by atoms with Crippen LogP contribution in [0.25, 0.3) is 10.2 Å². The lowest BCUT2D eigenvalue weighted by molar-refractivity contribution is 0.0699. The van der Waals surface area contributed by atoms with E-state index in [0.717, 1.165) is 16.9 Å². The first kappa shape index (κ1) is 18.1. The molecule has 1 N–H and O–H groups in total. The van der Waals surface area contributed by atoms with Gasteiger partial charge in [-0.3, -0.25) is 9.36 Å². The number of nitrogens with zero attached hydrogens (tertiary/aromatic N) is 2. The molecular formula is C21H15FN2O3S. The summed E-state index contributed by atoms with van der Waals surface area (Å²) in [6.07, 6.45) is 0.404. The summed E-state index contributed by atoms with van der Waals surface area (Å²) in [6, 6.07) is 15.5. The molecule has 5 nitrogen and oxygen atoms in total. The number of halogens is 1. The number of hydrogen-bond donors (Lipinski definition) is 1. The van der Waals surface area contributed by atoms with Gasteiger partial charge in [-0.2, -0.15) is 0 Å². The second-order valence-electron chi connectivity index (χ2n) is 6.35. The minimum Gasteiger partial charge on any atom is -0.478 e. The van der Waals surface area contributed by atoms with E-state index >= 15 is 0 Å². The zero-order chi connectivity index (χ0) is 19.7. The lowest BCUT2D eigenvalue weighted by Crippen LogP contribution is -2.26. The second-order valence-corrected chi connectivity index (χ2v) is 7.20. The molecule has 0 aliphatic rings. The van der Waals surface area contributed by atoms with Gasteiger partial charge in [-0.1, -0.05) is 42.5 Å². The zero-order valence-corrected chi connectivity index (χ0v) is 15.4. The fourth-order valence-corrected chi connectivity index (χ4v) is 4.04. The maximum Gasteiger partial charge on any atom is 0.337 e. The monoisotopic (exact) mass is 394 g/mol. The number of fused-ring (bicyclic) bond motifs is 1. The highest BCUT2D eigenvalue weighted by Crippen LogP contribution is 2.23. The molecule has 0 saturated heterocycles. The summed E-state index contributed by atoms with van der Waals surface area (Å²) < 4.78 is 15.0. The molecule has 4 aromatic rings. The SMILES string of the molecule is O=C(O)c1csc2nc(Cc3ccccc3)n(Cc3cccc(F)c3)c(=O)c12. The molecule has 0 aliphatic heterocycles. The number of carbonyl (C=O) groups is 1. The first-order valence-electron chi connectivity index (χ1n) is 8.55. The molecule has 0 fully saturated rings. The van der Waals surface area contributed by atoms with E-state index in [1.165, 1.54) is 22.1 Å². The molecule has 4 rings (SSSR count). The van der Waals surface area contributed by atoms with Gasteiger partial charge in [0.2, 0.25) is 0 Å². The third-order valence-corrected chi connectivity index (χ3v) is 5.31. The summed E-state index contributed by atoms with van der Waals surface area (Å²) in [5, 5.41) is 10.9. The van der Waals surface area contributed by atoms with Gasteiger partial charge in [0, 0.05) is 11.8 Å². The van der Waals surface area contributed by atoms with Gasteiger partial charge >= 0.3 is 5.97 Å². The number of carboxylic acid groups (broad SMARTS) is 1. The Morgan fingerprint density at radius 1 is 1.11 bits per heavy atom. The fraction of sp³-hybridized carbons (Fsp3) is 0.0952. The predicted octanol–water partition coefficient (Wildman–Crippen LogP) is 3.93. The molecule has 28 heavy (non-hydrogen) atoms. The van der Waals surface area contributed by atoms with Gasteiger partial charge in [-0.05, 0) is 23.3 Å². The predicted molar refractivity (Wildman–Crippen MR) is 106 cm³/mol. The van der Waals surface area contributed by atoms with E-state index in [4.69, 9.17) is 0 Å². The normalized spacial score (nSPS) is 11.0. The van der Waals surface area contributed by atoms with Crippen molar-refractivity contribution in [1.29, 1.82) is 0 Å². The van der Waals surface area contributed by atoms with Crippen LogP contribution in [-0.4, -0.2) is 20.6 Å². The molecule has 2 heterocycles. The number of aromatic carboxylic acids is 1. The molecule has 2 aromatic carbocycles. The van der Waals surface area contributed by atoms with Crippen LogP contribution in [0.15, 0.2) is 64.8 Å². The molecule has 140 valence electrons. The van der Waals surface area contributed by atoms with Crippen LogP contribution in [0.5, 0.6) is 0 Å². The molecule has 0 aliphatic carbocycles. The Morgan fingerprint density at radius 2 is 1.86 bits per heavy atom. The van der Waals surface area contributed by atoms with Crippen molar-refractivity contribution >= 4 is 27.5 Å². The van der Waals surface area contributed by atoms with Crippen LogP contribution in [0.4, 0.5) is 4.39 Å². The van der Waals surface area contributed by atoms with Crippen molar-refractivity contribution < 1.29 is 14.3 Å². The van der Waals surface area contributed by atoms with E-state index in [1.807, 2.05) is 30.3 Å². The van der Waals surface area contributed by atoms with Crippen molar-refractivity contribution in [2.75, 3.05) is 0 Å². The van der Waals surface area contributed by atoms with E-state index in [9.17, 15) is 19.1 Å². The van der Waals surface area contributed by atoms with E-state index < -0.39 is 17.3 Å². The first-order valence-corrected chi connectivity index (χ1v) is 9.43. The summed E-state index contributed by atoms with van der Waals surface area (Å²) in [5.41, 5.74) is 1.08. The second kappa shape index (κ2) is 7.36. The van der Waals surface area contributed by atoms with Crippen LogP contribution in [0.2, 0.25) is 0 Å². The van der Waals surface area contributed by atoms with Crippen molar-refractivity contribution in [3.63, 3.8) is 0 Å². The number of aromatic nitrogens is 2. The highest BCUT2D eigenvalue weighted by atomic mass is 32.1. The van der Waals surface area contributed by atoms with E-state index in [-0.39, 0.29) is 17.5 Å². The van der Waals surface area contributed by atoms with Gasteiger partial charge in [0.15, 0.2) is 0 Å². The van der Waals surface area contributed by atoms with Crippen molar-refractivity contribution in [2.45, 2.75) is 13.0 Å². The van der Waals surface area contributed by atoms with E-state index in [2.05, 4.69) is 4.98 Å². The number of thiophene rings is 1. The quantitative estimate of drug-likeness (QED) is 0.557. The van der Waals surface area contributed by atoms with Crippen molar-refractivity contribution in [3.8, 4) is 0 Å². The molecule has 2 aromatic heterocycles. The summed E-state index contributed by atoms with van der Waals surface area (Å²) >= 11 is 1.13. The maximum absolute atomic E-state index is 13.6. The Labute approximate surface area is 163 Å². The Kier molecular flexibility index (Phi) is 4.75. The highest BCUT2D eigenvalue weighted by molar-refractivity contribution is 7.17. The number of carboxylic acids is 1. The number of rotatable bonds is 5. The summed E-state index contributed by atoms with van der Waals surface area (Å²) in [6.45, 7) is 0.108. The molecule has 0 radical (unpaired) electrons. The topological polar surface area (TPSA) is 72.2 Å². The average Bonchev–Trinajstić information content (AvgIpc) is 3.10. The van der Waals surface area contributed by atoms with Crippen LogP contribution in [0, 0.1) is 5.82 Å². The van der Waals surface area contributed by atoms with Gasteiger partial charge in [0.25, 0.3) is 5.56 Å². The van der Waals surface area contributed by atoms with E-state index in [1.54, 1.807) is 12.1 Å². The molecule has 0 saturated carbocycles. The van der Waals surface area contributed by atoms with Crippen molar-refractivity contribution in [3.05, 3.63) is 98.7 Å². The maximum atomic E-state index is 13.6. The third kappa shape index (κ3) is 3.44. The molecule has 0 bridgehead atoms. The minimum atomic E-state index is -1.17. The Hall–Kier alpha value is -3.32. The average molecular weight is 394 g/mol. The smallest absolute Gasteiger partial charge is 0.337 e. The Morgan fingerprint density at radius 3 is 2.57 bits per heavy atom. The molecule has 0 spiro atoms.